The summed E-state index contributed by atoms with van der Waals surface area (Å²) in [7, 11) is 0. The smallest absolute Gasteiger partial charge is 0.361 e. The van der Waals surface area contributed by atoms with Gasteiger partial charge in [0.2, 0.25) is 5.91 Å². The molecule has 30 heavy (non-hydrogen) atoms. The second-order valence-electron chi connectivity index (χ2n) is 7.98. The highest BCUT2D eigenvalue weighted by molar-refractivity contribution is 5.88. The number of aromatic amines is 1. The summed E-state index contributed by atoms with van der Waals surface area (Å²) in [4.78, 5) is 15.9. The lowest BCUT2D eigenvalue weighted by atomic mass is 9.84. The van der Waals surface area contributed by atoms with E-state index in [-0.39, 0.29) is 23.8 Å². The van der Waals surface area contributed by atoms with Gasteiger partial charge in [-0.1, -0.05) is 57.2 Å². The monoisotopic (exact) mass is 416 g/mol. The highest BCUT2D eigenvalue weighted by atomic mass is 19.4. The Balaban J connectivity index is 2.12. The molecule has 3 aromatic rings. The zero-order valence-electron chi connectivity index (χ0n) is 17.4. The van der Waals surface area contributed by atoms with E-state index in [0.717, 1.165) is 29.0 Å². The van der Waals surface area contributed by atoms with Crippen LogP contribution in [0.1, 0.15) is 55.4 Å². The number of hydrogen-bond acceptors (Lipinski definition) is 1. The molecule has 0 bridgehead atoms. The largest absolute Gasteiger partial charge is 0.416 e. The number of hydrogen-bond donors (Lipinski definition) is 2. The van der Waals surface area contributed by atoms with Crippen LogP contribution < -0.4 is 5.32 Å². The number of benzene rings is 2. The van der Waals surface area contributed by atoms with Crippen molar-refractivity contribution in [3.8, 4) is 0 Å². The Labute approximate surface area is 174 Å². The van der Waals surface area contributed by atoms with E-state index in [2.05, 4.69) is 10.3 Å². The Morgan fingerprint density at radius 2 is 1.80 bits per heavy atom. The van der Waals surface area contributed by atoms with Crippen molar-refractivity contribution in [1.29, 1.82) is 0 Å². The van der Waals surface area contributed by atoms with Crippen LogP contribution in [0, 0.1) is 5.92 Å². The molecular weight excluding hydrogens is 389 g/mol. The molecule has 0 aliphatic heterocycles. The normalized spacial score (nSPS) is 13.0. The van der Waals surface area contributed by atoms with Crippen LogP contribution in [0.4, 0.5) is 13.2 Å². The van der Waals surface area contributed by atoms with E-state index in [1.54, 1.807) is 12.3 Å². The molecule has 0 saturated heterocycles. The first kappa shape index (κ1) is 21.9. The lowest BCUT2D eigenvalue weighted by molar-refractivity contribution is -0.138. The van der Waals surface area contributed by atoms with Crippen molar-refractivity contribution in [2.24, 2.45) is 5.92 Å². The number of nitrogens with one attached hydrogen (secondary N) is 2. The molecule has 160 valence electrons. The van der Waals surface area contributed by atoms with Gasteiger partial charge in [-0.25, -0.2) is 0 Å². The minimum Gasteiger partial charge on any atom is -0.361 e. The van der Waals surface area contributed by atoms with Crippen LogP contribution in [-0.4, -0.2) is 17.4 Å². The fourth-order valence-electron chi connectivity index (χ4n) is 3.84. The fourth-order valence-corrected chi connectivity index (χ4v) is 3.84. The summed E-state index contributed by atoms with van der Waals surface area (Å²) in [6.07, 6.45) is -2.00. The topological polar surface area (TPSA) is 44.9 Å². The van der Waals surface area contributed by atoms with Crippen LogP contribution in [0.25, 0.3) is 10.9 Å². The predicted molar refractivity (Wildman–Crippen MR) is 113 cm³/mol. The summed E-state index contributed by atoms with van der Waals surface area (Å²) in [6, 6.07) is 11.3. The first-order chi connectivity index (χ1) is 14.2. The van der Waals surface area contributed by atoms with Crippen LogP contribution in [0.2, 0.25) is 0 Å². The lowest BCUT2D eigenvalue weighted by Crippen LogP contribution is -2.29. The van der Waals surface area contributed by atoms with Crippen molar-refractivity contribution in [1.82, 2.24) is 10.3 Å². The maximum atomic E-state index is 13.8. The minimum atomic E-state index is -4.50. The van der Waals surface area contributed by atoms with Gasteiger partial charge in [-0.2, -0.15) is 13.2 Å². The number of alkyl halides is 3. The molecule has 0 unspecified atom stereocenters. The lowest BCUT2D eigenvalue weighted by Gasteiger charge is -2.22. The third-order valence-corrected chi connectivity index (χ3v) is 5.33. The Kier molecular flexibility index (Phi) is 6.54. The molecule has 2 aromatic carbocycles. The molecule has 1 atom stereocenters. The maximum Gasteiger partial charge on any atom is 0.416 e. The zero-order valence-corrected chi connectivity index (χ0v) is 17.4. The molecular formula is C24H27F3N2O. The first-order valence-corrected chi connectivity index (χ1v) is 10.2. The second-order valence-corrected chi connectivity index (χ2v) is 7.98. The highest BCUT2D eigenvalue weighted by Crippen LogP contribution is 2.41. The van der Waals surface area contributed by atoms with Gasteiger partial charge in [0.1, 0.15) is 0 Å². The molecule has 0 saturated carbocycles. The SMILES string of the molecule is CCc1cccc2c([C@H](CC(=O)NCC(C)C)c3ccccc3C(F)(F)F)c[nH]c12. The Morgan fingerprint density at radius 1 is 1.07 bits per heavy atom. The van der Waals surface area contributed by atoms with Crippen molar-refractivity contribution in [3.63, 3.8) is 0 Å². The van der Waals surface area contributed by atoms with Crippen LogP contribution >= 0.6 is 0 Å². The van der Waals surface area contributed by atoms with E-state index in [1.807, 2.05) is 39.0 Å². The van der Waals surface area contributed by atoms with Gasteiger partial charge in [-0.05, 0) is 35.1 Å². The number of amides is 1. The van der Waals surface area contributed by atoms with Gasteiger partial charge < -0.3 is 10.3 Å². The summed E-state index contributed by atoms with van der Waals surface area (Å²) < 4.78 is 41.3. The Bertz CT molecular complexity index is 1020. The van der Waals surface area contributed by atoms with Crippen molar-refractivity contribution in [2.45, 2.75) is 45.7 Å². The fraction of sp³-hybridized carbons (Fsp3) is 0.375. The van der Waals surface area contributed by atoms with E-state index in [1.165, 1.54) is 12.1 Å². The first-order valence-electron chi connectivity index (χ1n) is 10.2. The standard InChI is InChI=1S/C24H27F3N2O/c1-4-16-8-7-10-18-20(14-29-23(16)18)19(12-22(30)28-13-15(2)3)17-9-5-6-11-21(17)24(25,26)27/h5-11,14-15,19,29H,4,12-13H2,1-3H3,(H,28,30)/t19-/m1/s1. The number of halogens is 3. The summed E-state index contributed by atoms with van der Waals surface area (Å²) in [5.41, 5.74) is 2.12. The Hall–Kier alpha value is -2.76. The van der Waals surface area contributed by atoms with Gasteiger partial charge in [0.15, 0.2) is 0 Å². The van der Waals surface area contributed by atoms with Gasteiger partial charge in [0, 0.05) is 36.0 Å². The number of H-pyrrole nitrogens is 1. The molecule has 0 radical (unpaired) electrons. The summed E-state index contributed by atoms with van der Waals surface area (Å²) >= 11 is 0. The molecule has 6 heteroatoms. The number of fused-ring (bicyclic) bond motifs is 1. The number of aryl methyl sites for hydroxylation is 1. The Morgan fingerprint density at radius 3 is 2.47 bits per heavy atom. The number of rotatable bonds is 7. The van der Waals surface area contributed by atoms with Crippen LogP contribution in [0.5, 0.6) is 0 Å². The van der Waals surface area contributed by atoms with Crippen LogP contribution in [0.15, 0.2) is 48.7 Å². The number of carbonyl (C=O) groups excluding carboxylic acids is 1. The molecule has 1 aromatic heterocycles. The number of aromatic nitrogens is 1. The van der Waals surface area contributed by atoms with Gasteiger partial charge >= 0.3 is 6.18 Å². The van der Waals surface area contributed by atoms with Crippen molar-refractivity contribution < 1.29 is 18.0 Å². The summed E-state index contributed by atoms with van der Waals surface area (Å²) in [5.74, 6) is -0.711. The molecule has 0 spiro atoms. The average molecular weight is 416 g/mol. The molecule has 2 N–H and O–H groups in total. The third-order valence-electron chi connectivity index (χ3n) is 5.33. The quantitative estimate of drug-likeness (QED) is 0.484. The van der Waals surface area contributed by atoms with E-state index in [0.29, 0.717) is 12.1 Å². The highest BCUT2D eigenvalue weighted by Gasteiger charge is 2.36. The molecule has 3 nitrogen and oxygen atoms in total. The summed E-state index contributed by atoms with van der Waals surface area (Å²) in [6.45, 7) is 6.47. The van der Waals surface area contributed by atoms with E-state index in [4.69, 9.17) is 0 Å². The van der Waals surface area contributed by atoms with Gasteiger partial charge in [-0.15, -0.1) is 0 Å². The molecule has 3 rings (SSSR count). The number of para-hydroxylation sites is 1. The van der Waals surface area contributed by atoms with E-state index >= 15 is 0 Å². The average Bonchev–Trinajstić information content (AvgIpc) is 3.14. The second kappa shape index (κ2) is 8.94. The van der Waals surface area contributed by atoms with Crippen LogP contribution in [-0.2, 0) is 17.4 Å². The summed E-state index contributed by atoms with van der Waals surface area (Å²) in [5, 5.41) is 3.70. The molecule has 0 aliphatic carbocycles. The van der Waals surface area contributed by atoms with Gasteiger partial charge in [-0.3, -0.25) is 4.79 Å². The van der Waals surface area contributed by atoms with E-state index in [9.17, 15) is 18.0 Å². The number of carbonyl (C=O) groups is 1. The van der Waals surface area contributed by atoms with Gasteiger partial charge in [0.05, 0.1) is 5.56 Å². The van der Waals surface area contributed by atoms with Crippen molar-refractivity contribution in [2.75, 3.05) is 6.54 Å². The molecule has 1 heterocycles. The molecule has 1 amide bonds. The van der Waals surface area contributed by atoms with Crippen molar-refractivity contribution >= 4 is 16.8 Å². The predicted octanol–water partition coefficient (Wildman–Crippen LogP) is 6.04. The molecule has 0 aliphatic rings. The minimum absolute atomic E-state index is 0.0525. The third kappa shape index (κ3) is 4.69. The molecule has 0 fully saturated rings. The van der Waals surface area contributed by atoms with E-state index < -0.39 is 17.7 Å². The zero-order chi connectivity index (χ0) is 21.9. The maximum absolute atomic E-state index is 13.8. The van der Waals surface area contributed by atoms with Gasteiger partial charge in [0.25, 0.3) is 0 Å². The van der Waals surface area contributed by atoms with Crippen LogP contribution in [0.3, 0.4) is 0 Å². The van der Waals surface area contributed by atoms with Crippen molar-refractivity contribution in [3.05, 3.63) is 70.9 Å².